The van der Waals surface area contributed by atoms with Crippen LogP contribution in [0.5, 0.6) is 0 Å². The van der Waals surface area contributed by atoms with E-state index in [9.17, 15) is 0 Å². The number of hydrogen-bond acceptors (Lipinski definition) is 0. The normalized spacial score (nSPS) is 12.3. The number of halogens is 1. The van der Waals surface area contributed by atoms with Gasteiger partial charge in [0, 0.05) is 0 Å². The summed E-state index contributed by atoms with van der Waals surface area (Å²) in [6.45, 7) is 13.7. The molecule has 0 aliphatic heterocycles. The Labute approximate surface area is 147 Å². The Morgan fingerprint density at radius 1 is 0.636 bits per heavy atom. The molecular formula is C20H26ClTl. The van der Waals surface area contributed by atoms with E-state index in [-0.39, 0.29) is 10.8 Å². The topological polar surface area (TPSA) is 0 Å². The third-order valence-corrected chi connectivity index (χ3v) is 16.4. The predicted octanol–water partition coefficient (Wildman–Crippen LogP) is 4.63. The van der Waals surface area contributed by atoms with E-state index >= 15 is 0 Å². The Balaban J connectivity index is 2.58. The molecule has 0 amide bonds. The fraction of sp³-hybridized carbons (Fsp3) is 0.400. The van der Waals surface area contributed by atoms with Crippen LogP contribution < -0.4 is 6.25 Å². The van der Waals surface area contributed by atoms with Crippen LogP contribution in [0, 0.1) is 0 Å². The predicted molar refractivity (Wildman–Crippen MR) is 101 cm³/mol. The molecule has 2 aromatic carbocycles. The Hall–Kier alpha value is -0.348. The molecule has 0 aliphatic rings. The van der Waals surface area contributed by atoms with Crippen molar-refractivity contribution in [3.63, 3.8) is 0 Å². The SMILES string of the molecule is CC(C)(C)c1cccc[c]1[Tl]([Cl])[c]1ccccc1C(C)(C)C. The van der Waals surface area contributed by atoms with Crippen LogP contribution in [-0.2, 0) is 10.8 Å². The zero-order valence-electron chi connectivity index (χ0n) is 14.6. The Morgan fingerprint density at radius 2 is 0.955 bits per heavy atom. The molecule has 0 spiro atoms. The molecule has 0 heterocycles. The van der Waals surface area contributed by atoms with Crippen molar-refractivity contribution in [3.05, 3.63) is 59.7 Å². The van der Waals surface area contributed by atoms with E-state index in [0.29, 0.717) is 0 Å². The molecular weight excluding hydrogens is 480 g/mol. The van der Waals surface area contributed by atoms with Gasteiger partial charge >= 0.3 is 148 Å². The average molecular weight is 506 g/mol. The van der Waals surface area contributed by atoms with Crippen molar-refractivity contribution in [1.29, 1.82) is 0 Å². The molecule has 0 N–H and O–H groups in total. The van der Waals surface area contributed by atoms with Crippen molar-refractivity contribution < 1.29 is 0 Å². The van der Waals surface area contributed by atoms with E-state index in [1.54, 1.807) is 0 Å². The summed E-state index contributed by atoms with van der Waals surface area (Å²) in [4.78, 5) is 0. The molecule has 116 valence electrons. The van der Waals surface area contributed by atoms with Crippen LogP contribution in [0.4, 0.5) is 0 Å². The van der Waals surface area contributed by atoms with Gasteiger partial charge in [-0.15, -0.1) is 0 Å². The molecule has 0 aromatic heterocycles. The van der Waals surface area contributed by atoms with Gasteiger partial charge < -0.3 is 0 Å². The van der Waals surface area contributed by atoms with Crippen molar-refractivity contribution in [2.75, 3.05) is 0 Å². The summed E-state index contributed by atoms with van der Waals surface area (Å²) in [6.07, 6.45) is 0. The van der Waals surface area contributed by atoms with Crippen LogP contribution in [0.25, 0.3) is 0 Å². The maximum absolute atomic E-state index is 7.18. The molecule has 0 bridgehead atoms. The number of rotatable bonds is 2. The summed E-state index contributed by atoms with van der Waals surface area (Å²) >= 11 is -2.69. The molecule has 2 rings (SSSR count). The van der Waals surface area contributed by atoms with Crippen molar-refractivity contribution in [2.24, 2.45) is 0 Å². The quantitative estimate of drug-likeness (QED) is 0.522. The molecule has 0 radical (unpaired) electrons. The van der Waals surface area contributed by atoms with E-state index in [4.69, 9.17) is 8.32 Å². The van der Waals surface area contributed by atoms with Gasteiger partial charge in [-0.05, 0) is 0 Å². The molecule has 0 unspecified atom stereocenters. The van der Waals surface area contributed by atoms with Gasteiger partial charge in [-0.25, -0.2) is 0 Å². The van der Waals surface area contributed by atoms with Crippen molar-refractivity contribution >= 4 is 36.0 Å². The Kier molecular flexibility index (Phi) is 5.43. The van der Waals surface area contributed by atoms with Crippen LogP contribution in [0.1, 0.15) is 52.7 Å². The monoisotopic (exact) mass is 506 g/mol. The van der Waals surface area contributed by atoms with Gasteiger partial charge in [0.1, 0.15) is 0 Å². The number of benzene rings is 2. The van der Waals surface area contributed by atoms with Crippen LogP contribution in [0.2, 0.25) is 0 Å². The van der Waals surface area contributed by atoms with Crippen molar-refractivity contribution in [1.82, 2.24) is 0 Å². The minimum absolute atomic E-state index is 0.139. The van der Waals surface area contributed by atoms with Gasteiger partial charge in [0.25, 0.3) is 0 Å². The fourth-order valence-corrected chi connectivity index (χ4v) is 16.0. The van der Waals surface area contributed by atoms with E-state index in [2.05, 4.69) is 90.1 Å². The zero-order chi connectivity index (χ0) is 16.5. The summed E-state index contributed by atoms with van der Waals surface area (Å²) in [5.74, 6) is 0. The first-order valence-corrected chi connectivity index (χ1v) is 18.0. The van der Waals surface area contributed by atoms with E-state index in [1.165, 1.54) is 17.4 Å². The van der Waals surface area contributed by atoms with Gasteiger partial charge in [-0.1, -0.05) is 0 Å². The summed E-state index contributed by atoms with van der Waals surface area (Å²) in [6, 6.07) is 17.6. The van der Waals surface area contributed by atoms with E-state index < -0.39 is 21.5 Å². The van der Waals surface area contributed by atoms with E-state index in [0.717, 1.165) is 0 Å². The molecule has 0 saturated carbocycles. The molecule has 0 fully saturated rings. The number of hydrogen-bond donors (Lipinski definition) is 0. The van der Waals surface area contributed by atoms with Gasteiger partial charge in [-0.2, -0.15) is 0 Å². The molecule has 0 saturated heterocycles. The third kappa shape index (κ3) is 3.94. The van der Waals surface area contributed by atoms with Crippen LogP contribution in [-0.4, -0.2) is 21.5 Å². The van der Waals surface area contributed by atoms with Crippen LogP contribution >= 0.6 is 8.32 Å². The third-order valence-electron chi connectivity index (χ3n) is 4.08. The van der Waals surface area contributed by atoms with Crippen LogP contribution in [0.15, 0.2) is 48.5 Å². The molecule has 0 atom stereocenters. The second-order valence-electron chi connectivity index (χ2n) is 8.04. The summed E-state index contributed by atoms with van der Waals surface area (Å²) in [5.41, 5.74) is 3.11. The minimum atomic E-state index is -2.69. The van der Waals surface area contributed by atoms with Crippen molar-refractivity contribution in [3.8, 4) is 0 Å². The molecule has 2 aromatic rings. The maximum atomic E-state index is 7.18. The first kappa shape index (κ1) is 18.0. The standard InChI is InChI=1S/2C10H13.ClH.Tl/c2*1-10(2,3)9-7-5-4-6-8-9;;/h2*4-7H,1-3H3;1H;/q;;;+1/p-1. The summed E-state index contributed by atoms with van der Waals surface area (Å²) < 4.78 is 2.88. The fourth-order valence-electron chi connectivity index (χ4n) is 2.97. The van der Waals surface area contributed by atoms with Gasteiger partial charge in [0.2, 0.25) is 0 Å². The van der Waals surface area contributed by atoms with Crippen molar-refractivity contribution in [2.45, 2.75) is 52.4 Å². The molecule has 0 aliphatic carbocycles. The molecule has 0 nitrogen and oxygen atoms in total. The van der Waals surface area contributed by atoms with Gasteiger partial charge in [0.15, 0.2) is 0 Å². The molecule has 2 heteroatoms. The summed E-state index contributed by atoms with van der Waals surface area (Å²) in [7, 11) is 7.18. The molecule has 22 heavy (non-hydrogen) atoms. The summed E-state index contributed by atoms with van der Waals surface area (Å²) in [5, 5.41) is 0. The Morgan fingerprint density at radius 3 is 1.27 bits per heavy atom. The Bertz CT molecular complexity index is 590. The van der Waals surface area contributed by atoms with Gasteiger partial charge in [-0.3, -0.25) is 0 Å². The first-order valence-electron chi connectivity index (χ1n) is 7.95. The zero-order valence-corrected chi connectivity index (χ0v) is 19.8. The van der Waals surface area contributed by atoms with Gasteiger partial charge in [0.05, 0.1) is 0 Å². The van der Waals surface area contributed by atoms with E-state index in [1.807, 2.05) is 0 Å². The first-order chi connectivity index (χ1) is 10.1. The second-order valence-corrected chi connectivity index (χ2v) is 19.5. The van der Waals surface area contributed by atoms with Crippen LogP contribution in [0.3, 0.4) is 0 Å². The second kappa shape index (κ2) is 6.64. The average Bonchev–Trinajstić information content (AvgIpc) is 2.45.